The Balaban J connectivity index is 1.50. The molecule has 1 unspecified atom stereocenters. The maximum atomic E-state index is 12.3. The standard InChI is InChI=1S/C25H33N5O2S2/c1-5-29-10-12-30(13-11-29)24-9-6-19(16-27-24)22-17-33-25(28-22)15-20-14-21(34(4,26)31)7-8-23(20)32-18(2)3/h6-9,14,16-18H,4-5,10-13,15H2,1-3H3,(H2,26,31). The number of likely N-dealkylation sites (N-methyl/N-ethyl adjacent to an activating group) is 1. The first kappa shape index (κ1) is 24.7. The van der Waals surface area contributed by atoms with Gasteiger partial charge in [0, 0.05) is 60.2 Å². The van der Waals surface area contributed by atoms with Crippen molar-refractivity contribution in [1.82, 2.24) is 14.9 Å². The van der Waals surface area contributed by atoms with Crippen LogP contribution in [0.3, 0.4) is 0 Å². The minimum Gasteiger partial charge on any atom is -0.491 e. The van der Waals surface area contributed by atoms with Gasteiger partial charge in [-0.25, -0.2) is 14.2 Å². The van der Waals surface area contributed by atoms with Crippen LogP contribution in [-0.2, 0) is 16.1 Å². The van der Waals surface area contributed by atoms with Crippen LogP contribution < -0.4 is 14.8 Å². The fourth-order valence-electron chi connectivity index (χ4n) is 3.98. The monoisotopic (exact) mass is 499 g/mol. The molecule has 2 N–H and O–H groups in total. The van der Waals surface area contributed by atoms with Crippen LogP contribution in [0.1, 0.15) is 31.3 Å². The van der Waals surface area contributed by atoms with Gasteiger partial charge in [0.2, 0.25) is 0 Å². The topological polar surface area (TPSA) is 84.6 Å². The van der Waals surface area contributed by atoms with Gasteiger partial charge >= 0.3 is 0 Å². The summed E-state index contributed by atoms with van der Waals surface area (Å²) in [5.41, 5.74) is 2.79. The van der Waals surface area contributed by atoms with Crippen molar-refractivity contribution in [3.8, 4) is 17.0 Å². The second-order valence-electron chi connectivity index (χ2n) is 8.79. The van der Waals surface area contributed by atoms with Crippen LogP contribution in [0, 0.1) is 0 Å². The summed E-state index contributed by atoms with van der Waals surface area (Å²) in [7, 11) is -2.81. The molecule has 0 aliphatic carbocycles. The molecule has 0 spiro atoms. The zero-order valence-corrected chi connectivity index (χ0v) is 21.7. The number of thiazole rings is 1. The molecule has 182 valence electrons. The molecule has 0 radical (unpaired) electrons. The van der Waals surface area contributed by atoms with Gasteiger partial charge in [-0.15, -0.1) is 11.3 Å². The average molecular weight is 500 g/mol. The lowest BCUT2D eigenvalue weighted by molar-refractivity contribution is 0.240. The quantitative estimate of drug-likeness (QED) is 0.476. The second kappa shape index (κ2) is 10.4. The van der Waals surface area contributed by atoms with E-state index >= 15 is 0 Å². The van der Waals surface area contributed by atoms with Crippen LogP contribution in [0.15, 0.2) is 46.8 Å². The number of piperazine rings is 1. The Morgan fingerprint density at radius 1 is 1.21 bits per heavy atom. The number of hydrogen-bond acceptors (Lipinski definition) is 7. The molecule has 1 aliphatic heterocycles. The lowest BCUT2D eigenvalue weighted by atomic mass is 10.1. The normalized spacial score (nSPS) is 16.6. The van der Waals surface area contributed by atoms with Crippen LogP contribution in [0.25, 0.3) is 11.3 Å². The summed E-state index contributed by atoms with van der Waals surface area (Å²) in [6.45, 7) is 11.4. The number of rotatable bonds is 8. The Bertz CT molecular complexity index is 1210. The van der Waals surface area contributed by atoms with Gasteiger partial charge in [-0.2, -0.15) is 0 Å². The number of hydrogen-bond donors (Lipinski definition) is 1. The number of benzene rings is 1. The maximum Gasteiger partial charge on any atom is 0.128 e. The second-order valence-corrected chi connectivity index (χ2v) is 11.7. The van der Waals surface area contributed by atoms with E-state index in [1.165, 1.54) is 0 Å². The molecule has 1 aromatic carbocycles. The summed E-state index contributed by atoms with van der Waals surface area (Å²) in [5.74, 6) is 5.37. The molecule has 0 saturated carbocycles. The molecule has 3 aromatic rings. The molecule has 0 amide bonds. The highest BCUT2D eigenvalue weighted by molar-refractivity contribution is 7.98. The van der Waals surface area contributed by atoms with Crippen molar-refractivity contribution in [2.45, 2.75) is 38.2 Å². The molecule has 1 atom stereocenters. The van der Waals surface area contributed by atoms with Crippen LogP contribution in [-0.4, -0.2) is 63.8 Å². The number of nitrogens with zero attached hydrogens (tertiary/aromatic N) is 4. The summed E-state index contributed by atoms with van der Waals surface area (Å²) in [4.78, 5) is 14.8. The van der Waals surface area contributed by atoms with Crippen molar-refractivity contribution in [1.29, 1.82) is 0 Å². The molecule has 1 saturated heterocycles. The summed E-state index contributed by atoms with van der Waals surface area (Å²) >= 11 is 1.59. The summed E-state index contributed by atoms with van der Waals surface area (Å²) in [6, 6.07) is 9.54. The first-order valence-corrected chi connectivity index (χ1v) is 14.2. The molecule has 1 aliphatic rings. The van der Waals surface area contributed by atoms with E-state index in [1.54, 1.807) is 17.4 Å². The number of anilines is 1. The summed E-state index contributed by atoms with van der Waals surface area (Å²) in [6.07, 6.45) is 2.48. The van der Waals surface area contributed by atoms with E-state index in [0.29, 0.717) is 11.3 Å². The van der Waals surface area contributed by atoms with Gasteiger partial charge in [0.15, 0.2) is 0 Å². The third-order valence-electron chi connectivity index (χ3n) is 5.87. The van der Waals surface area contributed by atoms with E-state index in [1.807, 2.05) is 37.6 Å². The zero-order chi connectivity index (χ0) is 24.3. The Morgan fingerprint density at radius 2 is 1.97 bits per heavy atom. The third kappa shape index (κ3) is 5.96. The lowest BCUT2D eigenvalue weighted by Crippen LogP contribution is -2.46. The van der Waals surface area contributed by atoms with Crippen LogP contribution in [0.2, 0.25) is 0 Å². The minimum absolute atomic E-state index is 0.0213. The Kier molecular flexibility index (Phi) is 7.57. The van der Waals surface area contributed by atoms with Crippen LogP contribution >= 0.6 is 11.3 Å². The zero-order valence-electron chi connectivity index (χ0n) is 20.1. The molecular weight excluding hydrogens is 466 g/mol. The SMILES string of the molecule is C=S(N)(=O)c1ccc(OC(C)C)c(Cc2nc(-c3ccc(N4CCN(CC)CC4)nc3)cs2)c1. The number of ether oxygens (including phenoxy) is 1. The van der Waals surface area contributed by atoms with Crippen molar-refractivity contribution in [2.24, 2.45) is 5.14 Å². The summed E-state index contributed by atoms with van der Waals surface area (Å²) < 4.78 is 18.3. The van der Waals surface area contributed by atoms with Gasteiger partial charge in [-0.3, -0.25) is 5.14 Å². The average Bonchev–Trinajstić information content (AvgIpc) is 3.28. The van der Waals surface area contributed by atoms with Crippen molar-refractivity contribution in [2.75, 3.05) is 37.6 Å². The van der Waals surface area contributed by atoms with E-state index in [4.69, 9.17) is 19.8 Å². The maximum absolute atomic E-state index is 12.3. The first-order valence-electron chi connectivity index (χ1n) is 11.6. The molecule has 9 heteroatoms. The molecular formula is C25H33N5O2S2. The Labute approximate surface area is 206 Å². The molecule has 4 rings (SSSR count). The van der Waals surface area contributed by atoms with Crippen LogP contribution in [0.5, 0.6) is 5.75 Å². The van der Waals surface area contributed by atoms with E-state index in [9.17, 15) is 4.21 Å². The number of nitrogens with two attached hydrogens (primary N) is 1. The minimum atomic E-state index is -2.81. The highest BCUT2D eigenvalue weighted by Gasteiger charge is 2.17. The van der Waals surface area contributed by atoms with E-state index in [0.717, 1.165) is 66.1 Å². The predicted molar refractivity (Wildman–Crippen MR) is 142 cm³/mol. The molecule has 0 bridgehead atoms. The molecule has 2 aromatic heterocycles. The van der Waals surface area contributed by atoms with Crippen molar-refractivity contribution < 1.29 is 8.95 Å². The summed E-state index contributed by atoms with van der Waals surface area (Å²) in [5, 5.41) is 8.77. The molecule has 3 heterocycles. The van der Waals surface area contributed by atoms with Crippen molar-refractivity contribution in [3.05, 3.63) is 52.5 Å². The van der Waals surface area contributed by atoms with Crippen LogP contribution in [0.4, 0.5) is 5.82 Å². The largest absolute Gasteiger partial charge is 0.491 e. The smallest absolute Gasteiger partial charge is 0.128 e. The van der Waals surface area contributed by atoms with Gasteiger partial charge < -0.3 is 14.5 Å². The van der Waals surface area contributed by atoms with Gasteiger partial charge in [0.25, 0.3) is 0 Å². The third-order valence-corrected chi connectivity index (χ3v) is 7.77. The lowest BCUT2D eigenvalue weighted by Gasteiger charge is -2.34. The number of pyridine rings is 1. The van der Waals surface area contributed by atoms with E-state index in [2.05, 4.69) is 34.7 Å². The highest BCUT2D eigenvalue weighted by atomic mass is 32.2. The predicted octanol–water partition coefficient (Wildman–Crippen LogP) is 3.67. The molecule has 1 fully saturated rings. The Hall–Kier alpha value is -2.46. The van der Waals surface area contributed by atoms with Gasteiger partial charge in [0.1, 0.15) is 11.6 Å². The fourth-order valence-corrected chi connectivity index (χ4v) is 5.45. The van der Waals surface area contributed by atoms with Crippen molar-refractivity contribution >= 4 is 32.7 Å². The van der Waals surface area contributed by atoms with Gasteiger partial charge in [-0.1, -0.05) is 6.92 Å². The molecule has 7 nitrogen and oxygen atoms in total. The Morgan fingerprint density at radius 3 is 2.59 bits per heavy atom. The highest BCUT2D eigenvalue weighted by Crippen LogP contribution is 2.29. The first-order chi connectivity index (χ1) is 16.2. The van der Waals surface area contributed by atoms with Gasteiger partial charge in [0.05, 0.1) is 26.5 Å². The van der Waals surface area contributed by atoms with Gasteiger partial charge in [-0.05, 0) is 56.6 Å². The van der Waals surface area contributed by atoms with Crippen molar-refractivity contribution in [3.63, 3.8) is 0 Å². The number of aromatic nitrogens is 2. The molecule has 34 heavy (non-hydrogen) atoms. The van der Waals surface area contributed by atoms with E-state index < -0.39 is 9.71 Å². The van der Waals surface area contributed by atoms with E-state index in [-0.39, 0.29) is 6.10 Å². The fraction of sp³-hybridized carbons (Fsp3) is 0.400.